The lowest BCUT2D eigenvalue weighted by Crippen LogP contribution is -1.94. The minimum Gasteiger partial charge on any atom is -0.309 e. The summed E-state index contributed by atoms with van der Waals surface area (Å²) < 4.78 is 4.70. The molecule has 0 bridgehead atoms. The van der Waals surface area contributed by atoms with Crippen molar-refractivity contribution in [2.45, 2.75) is 0 Å². The molecule has 5 aromatic carbocycles. The molecule has 0 aliphatic heterocycles. The molecule has 0 radical (unpaired) electrons. The summed E-state index contributed by atoms with van der Waals surface area (Å²) in [6.07, 6.45) is 0. The number of rotatable bonds is 1. The Bertz CT molecular complexity index is 2060. The van der Waals surface area contributed by atoms with Crippen LogP contribution in [0.15, 0.2) is 115 Å². The summed E-state index contributed by atoms with van der Waals surface area (Å²) in [5, 5.41) is 6.13. The molecule has 0 aliphatic carbocycles. The minimum absolute atomic E-state index is 1.01. The molecule has 0 aliphatic rings. The fourth-order valence-corrected chi connectivity index (χ4v) is 5.63. The lowest BCUT2D eigenvalue weighted by Gasteiger charge is -2.09. The Kier molecular flexibility index (Phi) is 3.39. The lowest BCUT2D eigenvalue weighted by atomic mass is 10.1. The van der Waals surface area contributed by atoms with Crippen molar-refractivity contribution in [3.8, 4) is 5.69 Å². The van der Waals surface area contributed by atoms with Crippen LogP contribution in [0, 0.1) is 0 Å². The van der Waals surface area contributed by atoms with Gasteiger partial charge in [0.2, 0.25) is 0 Å². The van der Waals surface area contributed by atoms with Crippen LogP contribution in [0.4, 0.5) is 0 Å². The summed E-state index contributed by atoms with van der Waals surface area (Å²) in [7, 11) is 0. The second-order valence-corrected chi connectivity index (χ2v) is 8.88. The number of fused-ring (bicyclic) bond motifs is 11. The molecule has 0 atom stereocenters. The maximum atomic E-state index is 5.19. The standard InChI is InChI=1S/C31H19N3/c1-2-10-20(11-3-1)33-27-16-8-7-14-23(27)25-18-26-30(19-29(25)33)34-28-17-9-6-13-22(28)21-12-4-5-15-24(21)31(34)32-26/h1-19H. The average molecular weight is 434 g/mol. The number of nitrogens with zero attached hydrogens (tertiary/aromatic N) is 3. The highest BCUT2D eigenvalue weighted by Crippen LogP contribution is 2.37. The molecule has 0 amide bonds. The van der Waals surface area contributed by atoms with Gasteiger partial charge in [0.1, 0.15) is 5.65 Å². The third-order valence-electron chi connectivity index (χ3n) is 7.07. The Morgan fingerprint density at radius 3 is 1.85 bits per heavy atom. The molecule has 3 heterocycles. The smallest absolute Gasteiger partial charge is 0.146 e. The quantitative estimate of drug-likeness (QED) is 0.241. The highest BCUT2D eigenvalue weighted by atomic mass is 15.0. The molecule has 3 heteroatoms. The Morgan fingerprint density at radius 1 is 0.441 bits per heavy atom. The van der Waals surface area contributed by atoms with E-state index in [4.69, 9.17) is 4.98 Å². The van der Waals surface area contributed by atoms with Crippen LogP contribution in [-0.4, -0.2) is 14.0 Å². The second kappa shape index (κ2) is 6.46. The van der Waals surface area contributed by atoms with Crippen molar-refractivity contribution in [3.63, 3.8) is 0 Å². The highest BCUT2D eigenvalue weighted by Gasteiger charge is 2.17. The first-order valence-electron chi connectivity index (χ1n) is 11.6. The van der Waals surface area contributed by atoms with E-state index in [1.807, 2.05) is 0 Å². The zero-order valence-corrected chi connectivity index (χ0v) is 18.3. The summed E-state index contributed by atoms with van der Waals surface area (Å²) in [6, 6.07) is 41.1. The monoisotopic (exact) mass is 433 g/mol. The van der Waals surface area contributed by atoms with Gasteiger partial charge in [0.25, 0.3) is 0 Å². The molecule has 0 N–H and O–H groups in total. The van der Waals surface area contributed by atoms with Gasteiger partial charge >= 0.3 is 0 Å². The number of aromatic nitrogens is 3. The topological polar surface area (TPSA) is 22.2 Å². The van der Waals surface area contributed by atoms with Crippen LogP contribution in [-0.2, 0) is 0 Å². The van der Waals surface area contributed by atoms with Crippen molar-refractivity contribution in [1.29, 1.82) is 0 Å². The van der Waals surface area contributed by atoms with Crippen LogP contribution < -0.4 is 0 Å². The van der Waals surface area contributed by atoms with Gasteiger partial charge in [-0.15, -0.1) is 0 Å². The first-order valence-corrected chi connectivity index (χ1v) is 11.6. The zero-order valence-electron chi connectivity index (χ0n) is 18.3. The van der Waals surface area contributed by atoms with Crippen molar-refractivity contribution in [3.05, 3.63) is 115 Å². The van der Waals surface area contributed by atoms with Gasteiger partial charge in [-0.3, -0.25) is 4.40 Å². The Morgan fingerprint density at radius 2 is 1.06 bits per heavy atom. The number of hydrogen-bond acceptors (Lipinski definition) is 1. The predicted octanol–water partition coefficient (Wildman–Crippen LogP) is 7.89. The minimum atomic E-state index is 1.01. The van der Waals surface area contributed by atoms with Crippen LogP contribution in [0.25, 0.3) is 65.8 Å². The molecule has 0 spiro atoms. The van der Waals surface area contributed by atoms with Crippen molar-refractivity contribution in [2.24, 2.45) is 0 Å². The first kappa shape index (κ1) is 17.9. The largest absolute Gasteiger partial charge is 0.309 e. The van der Waals surface area contributed by atoms with E-state index < -0.39 is 0 Å². The number of hydrogen-bond donors (Lipinski definition) is 0. The molecule has 0 unspecified atom stereocenters. The molecule has 3 aromatic heterocycles. The Labute approximate surface area is 195 Å². The van der Waals surface area contributed by atoms with Crippen LogP contribution in [0.2, 0.25) is 0 Å². The molecular weight excluding hydrogens is 414 g/mol. The van der Waals surface area contributed by atoms with Crippen molar-refractivity contribution >= 4 is 60.2 Å². The average Bonchev–Trinajstić information content (AvgIpc) is 3.44. The summed E-state index contributed by atoms with van der Waals surface area (Å²) in [5.41, 5.74) is 7.90. The first-order chi connectivity index (χ1) is 16.9. The van der Waals surface area contributed by atoms with Gasteiger partial charge in [0.05, 0.1) is 27.6 Å². The van der Waals surface area contributed by atoms with Crippen molar-refractivity contribution in [2.75, 3.05) is 0 Å². The van der Waals surface area contributed by atoms with Crippen LogP contribution in [0.5, 0.6) is 0 Å². The molecule has 8 rings (SSSR count). The van der Waals surface area contributed by atoms with E-state index in [0.29, 0.717) is 0 Å². The summed E-state index contributed by atoms with van der Waals surface area (Å²) in [6.45, 7) is 0. The van der Waals surface area contributed by atoms with Crippen LogP contribution in [0.3, 0.4) is 0 Å². The molecular formula is C31H19N3. The molecule has 8 aromatic rings. The van der Waals surface area contributed by atoms with Gasteiger partial charge in [0.15, 0.2) is 0 Å². The maximum absolute atomic E-state index is 5.19. The van der Waals surface area contributed by atoms with Gasteiger partial charge in [-0.05, 0) is 41.8 Å². The summed E-state index contributed by atoms with van der Waals surface area (Å²) in [4.78, 5) is 5.19. The second-order valence-electron chi connectivity index (χ2n) is 8.88. The van der Waals surface area contributed by atoms with Crippen LogP contribution >= 0.6 is 0 Å². The van der Waals surface area contributed by atoms with Gasteiger partial charge < -0.3 is 4.57 Å². The maximum Gasteiger partial charge on any atom is 0.146 e. The third-order valence-corrected chi connectivity index (χ3v) is 7.07. The molecule has 0 saturated carbocycles. The van der Waals surface area contributed by atoms with E-state index >= 15 is 0 Å². The normalized spacial score (nSPS) is 12.1. The van der Waals surface area contributed by atoms with Gasteiger partial charge in [-0.25, -0.2) is 4.98 Å². The van der Waals surface area contributed by atoms with Gasteiger partial charge in [0, 0.05) is 27.2 Å². The summed E-state index contributed by atoms with van der Waals surface area (Å²) >= 11 is 0. The molecule has 0 fully saturated rings. The van der Waals surface area contributed by atoms with E-state index in [-0.39, 0.29) is 0 Å². The molecule has 34 heavy (non-hydrogen) atoms. The van der Waals surface area contributed by atoms with E-state index in [2.05, 4.69) is 124 Å². The van der Waals surface area contributed by atoms with Crippen LogP contribution in [0.1, 0.15) is 0 Å². The van der Waals surface area contributed by atoms with Gasteiger partial charge in [-0.1, -0.05) is 78.9 Å². The van der Waals surface area contributed by atoms with Gasteiger partial charge in [-0.2, -0.15) is 0 Å². The van der Waals surface area contributed by atoms with E-state index in [9.17, 15) is 0 Å². The Hall–Kier alpha value is -4.63. The van der Waals surface area contributed by atoms with Crippen molar-refractivity contribution < 1.29 is 0 Å². The number of para-hydroxylation sites is 3. The number of benzene rings is 5. The molecule has 0 saturated heterocycles. The third kappa shape index (κ3) is 2.23. The van der Waals surface area contributed by atoms with E-state index in [0.717, 1.165) is 22.4 Å². The predicted molar refractivity (Wildman–Crippen MR) is 142 cm³/mol. The fourth-order valence-electron chi connectivity index (χ4n) is 5.63. The number of pyridine rings is 1. The number of imidazole rings is 1. The highest BCUT2D eigenvalue weighted by molar-refractivity contribution is 6.17. The zero-order chi connectivity index (χ0) is 22.2. The fraction of sp³-hybridized carbons (Fsp3) is 0. The summed E-state index contributed by atoms with van der Waals surface area (Å²) in [5.74, 6) is 0. The van der Waals surface area contributed by atoms with E-state index in [1.165, 1.54) is 43.5 Å². The molecule has 3 nitrogen and oxygen atoms in total. The lowest BCUT2D eigenvalue weighted by molar-refractivity contribution is 1.18. The Balaban J connectivity index is 1.64. The molecule has 158 valence electrons. The SMILES string of the molecule is c1ccc(-n2c3ccccc3c3cc4nc5c6ccccc6c6ccccc6n5c4cc32)cc1. The van der Waals surface area contributed by atoms with Crippen molar-refractivity contribution in [1.82, 2.24) is 14.0 Å². The van der Waals surface area contributed by atoms with E-state index in [1.54, 1.807) is 0 Å².